The molecule has 96 valence electrons. The smallest absolute Gasteiger partial charge is 0.0740 e. The Balaban J connectivity index is 1.67. The second-order valence-electron chi connectivity index (χ2n) is 7.64. The van der Waals surface area contributed by atoms with E-state index < -0.39 is 0 Å². The predicted octanol–water partition coefficient (Wildman–Crippen LogP) is 3.26. The number of rotatable bonds is 3. The molecule has 2 N–H and O–H groups in total. The molecule has 0 radical (unpaired) electrons. The van der Waals surface area contributed by atoms with Crippen LogP contribution >= 0.6 is 0 Å². The first-order chi connectivity index (χ1) is 8.25. The molecule has 0 unspecified atom stereocenters. The molecule has 0 aromatic carbocycles. The molecule has 0 saturated heterocycles. The van der Waals surface area contributed by atoms with E-state index in [1.54, 1.807) is 0 Å². The van der Waals surface area contributed by atoms with Crippen LogP contribution in [0, 0.1) is 28.6 Å². The summed E-state index contributed by atoms with van der Waals surface area (Å²) in [7, 11) is 0. The maximum Gasteiger partial charge on any atom is 0.0740 e. The number of hydrogen-bond acceptors (Lipinski definition) is 2. The van der Waals surface area contributed by atoms with E-state index in [1.165, 1.54) is 57.8 Å². The highest BCUT2D eigenvalue weighted by Crippen LogP contribution is 2.70. The normalized spacial score (nSPS) is 50.3. The molecular formula is C15H25NO. The lowest BCUT2D eigenvalue weighted by atomic mass is 9.39. The zero-order chi connectivity index (χ0) is 11.5. The predicted molar refractivity (Wildman–Crippen MR) is 67.0 cm³/mol. The molecule has 0 spiro atoms. The highest BCUT2D eigenvalue weighted by molar-refractivity contribution is 5.11. The van der Waals surface area contributed by atoms with Crippen molar-refractivity contribution >= 4 is 0 Å². The molecule has 2 heteroatoms. The van der Waals surface area contributed by atoms with Crippen molar-refractivity contribution < 1.29 is 4.84 Å². The number of nitrogens with two attached hydrogens (primary N) is 1. The SMILES string of the molecule is NOCC1(C23CC4CC(CC(C4)C2)C3)CCC1. The largest absolute Gasteiger partial charge is 0.304 e. The van der Waals surface area contributed by atoms with Gasteiger partial charge in [-0.15, -0.1) is 0 Å². The molecule has 4 bridgehead atoms. The third-order valence-electron chi connectivity index (χ3n) is 6.83. The topological polar surface area (TPSA) is 35.2 Å². The second kappa shape index (κ2) is 3.48. The van der Waals surface area contributed by atoms with Gasteiger partial charge in [0.25, 0.3) is 0 Å². The Hall–Kier alpha value is -0.0800. The van der Waals surface area contributed by atoms with Crippen molar-refractivity contribution in [2.24, 2.45) is 34.5 Å². The fourth-order valence-corrected chi connectivity index (χ4v) is 6.35. The fourth-order valence-electron chi connectivity index (χ4n) is 6.35. The minimum atomic E-state index is 0.484. The van der Waals surface area contributed by atoms with E-state index in [4.69, 9.17) is 10.7 Å². The summed E-state index contributed by atoms with van der Waals surface area (Å²) in [4.78, 5) is 5.14. The van der Waals surface area contributed by atoms with Crippen molar-refractivity contribution in [3.63, 3.8) is 0 Å². The fraction of sp³-hybridized carbons (Fsp3) is 1.00. The van der Waals surface area contributed by atoms with Crippen molar-refractivity contribution in [3.05, 3.63) is 0 Å². The maximum atomic E-state index is 5.44. The summed E-state index contributed by atoms with van der Waals surface area (Å²) in [6, 6.07) is 0. The van der Waals surface area contributed by atoms with Crippen LogP contribution in [0.1, 0.15) is 57.8 Å². The summed E-state index contributed by atoms with van der Waals surface area (Å²) in [5.41, 5.74) is 1.12. The van der Waals surface area contributed by atoms with E-state index in [0.29, 0.717) is 10.8 Å². The van der Waals surface area contributed by atoms with Crippen LogP contribution < -0.4 is 5.90 Å². The van der Waals surface area contributed by atoms with Crippen LogP contribution in [0.2, 0.25) is 0 Å². The van der Waals surface area contributed by atoms with Gasteiger partial charge in [0.1, 0.15) is 0 Å². The van der Waals surface area contributed by atoms with Crippen molar-refractivity contribution in [3.8, 4) is 0 Å². The van der Waals surface area contributed by atoms with Gasteiger partial charge in [0.15, 0.2) is 0 Å². The Morgan fingerprint density at radius 2 is 1.47 bits per heavy atom. The van der Waals surface area contributed by atoms with Crippen molar-refractivity contribution in [2.75, 3.05) is 6.61 Å². The maximum absolute atomic E-state index is 5.44. The van der Waals surface area contributed by atoms with E-state index >= 15 is 0 Å². The lowest BCUT2D eigenvalue weighted by Gasteiger charge is -2.66. The molecule has 2 nitrogen and oxygen atoms in total. The van der Waals surface area contributed by atoms with Crippen LogP contribution in [0.25, 0.3) is 0 Å². The molecule has 0 aromatic heterocycles. The molecule has 5 rings (SSSR count). The quantitative estimate of drug-likeness (QED) is 0.762. The Morgan fingerprint density at radius 3 is 1.82 bits per heavy atom. The summed E-state index contributed by atoms with van der Waals surface area (Å²) >= 11 is 0. The van der Waals surface area contributed by atoms with E-state index in [1.807, 2.05) is 0 Å². The van der Waals surface area contributed by atoms with Gasteiger partial charge in [0.05, 0.1) is 6.61 Å². The van der Waals surface area contributed by atoms with E-state index in [9.17, 15) is 0 Å². The monoisotopic (exact) mass is 235 g/mol. The van der Waals surface area contributed by atoms with E-state index in [-0.39, 0.29) is 0 Å². The molecule has 0 amide bonds. The molecule has 0 aliphatic heterocycles. The lowest BCUT2D eigenvalue weighted by Crippen LogP contribution is -2.59. The molecule has 5 aliphatic carbocycles. The first-order valence-electron chi connectivity index (χ1n) is 7.57. The molecule has 5 saturated carbocycles. The van der Waals surface area contributed by atoms with Gasteiger partial charge in [-0.2, -0.15) is 0 Å². The van der Waals surface area contributed by atoms with Gasteiger partial charge in [-0.3, -0.25) is 0 Å². The van der Waals surface area contributed by atoms with Crippen LogP contribution in [-0.4, -0.2) is 6.61 Å². The van der Waals surface area contributed by atoms with Crippen LogP contribution in [-0.2, 0) is 4.84 Å². The summed E-state index contributed by atoms with van der Waals surface area (Å²) in [6.45, 7) is 0.833. The molecule has 0 heterocycles. The molecular weight excluding hydrogens is 210 g/mol. The van der Waals surface area contributed by atoms with Gasteiger partial charge in [0, 0.05) is 5.41 Å². The molecule has 0 aromatic rings. The molecule has 0 atom stereocenters. The first-order valence-corrected chi connectivity index (χ1v) is 7.57. The van der Waals surface area contributed by atoms with Crippen LogP contribution in [0.4, 0.5) is 0 Å². The average Bonchev–Trinajstić information content (AvgIpc) is 2.21. The average molecular weight is 235 g/mol. The van der Waals surface area contributed by atoms with Gasteiger partial charge in [-0.05, 0) is 74.5 Å². The van der Waals surface area contributed by atoms with Crippen molar-refractivity contribution in [1.29, 1.82) is 0 Å². The summed E-state index contributed by atoms with van der Waals surface area (Å²) < 4.78 is 0. The van der Waals surface area contributed by atoms with Crippen LogP contribution in [0.15, 0.2) is 0 Å². The molecule has 5 aliphatic rings. The highest BCUT2D eigenvalue weighted by atomic mass is 16.6. The van der Waals surface area contributed by atoms with Gasteiger partial charge in [0.2, 0.25) is 0 Å². The second-order valence-corrected chi connectivity index (χ2v) is 7.64. The van der Waals surface area contributed by atoms with E-state index in [0.717, 1.165) is 24.4 Å². The zero-order valence-electron chi connectivity index (χ0n) is 10.8. The summed E-state index contributed by atoms with van der Waals surface area (Å²) in [6.07, 6.45) is 13.3. The third kappa shape index (κ3) is 1.34. The van der Waals surface area contributed by atoms with Gasteiger partial charge in [-0.25, -0.2) is 5.90 Å². The van der Waals surface area contributed by atoms with Crippen LogP contribution in [0.3, 0.4) is 0 Å². The Morgan fingerprint density at radius 1 is 0.941 bits per heavy atom. The Kier molecular flexibility index (Phi) is 2.21. The molecule has 5 fully saturated rings. The van der Waals surface area contributed by atoms with Crippen molar-refractivity contribution in [1.82, 2.24) is 0 Å². The lowest BCUT2D eigenvalue weighted by molar-refractivity contribution is -0.187. The van der Waals surface area contributed by atoms with Gasteiger partial charge >= 0.3 is 0 Å². The minimum Gasteiger partial charge on any atom is -0.304 e. The standard InChI is InChI=1S/C15H25NO/c16-17-10-14(2-1-3-14)15-7-11-4-12(8-15)6-13(5-11)9-15/h11-13H,1-10,16H2. The minimum absolute atomic E-state index is 0.484. The Labute approximate surface area is 104 Å². The molecule has 17 heavy (non-hydrogen) atoms. The van der Waals surface area contributed by atoms with E-state index in [2.05, 4.69) is 0 Å². The van der Waals surface area contributed by atoms with Crippen LogP contribution in [0.5, 0.6) is 0 Å². The first kappa shape index (κ1) is 10.8. The highest BCUT2D eigenvalue weighted by Gasteiger charge is 2.61. The Bertz CT molecular complexity index is 286. The third-order valence-corrected chi connectivity index (χ3v) is 6.83. The number of hydrogen-bond donors (Lipinski definition) is 1. The van der Waals surface area contributed by atoms with Gasteiger partial charge < -0.3 is 4.84 Å². The summed E-state index contributed by atoms with van der Waals surface area (Å²) in [5.74, 6) is 8.60. The summed E-state index contributed by atoms with van der Waals surface area (Å²) in [5, 5.41) is 0. The van der Waals surface area contributed by atoms with Gasteiger partial charge in [-0.1, -0.05) is 6.42 Å². The zero-order valence-corrected chi connectivity index (χ0v) is 10.8. The van der Waals surface area contributed by atoms with Crippen molar-refractivity contribution in [2.45, 2.75) is 57.8 Å².